The molecule has 2 heterocycles. The summed E-state index contributed by atoms with van der Waals surface area (Å²) in [6.07, 6.45) is 0.0802. The van der Waals surface area contributed by atoms with Crippen molar-refractivity contribution in [3.63, 3.8) is 0 Å². The summed E-state index contributed by atoms with van der Waals surface area (Å²) in [7, 11) is 0. The van der Waals surface area contributed by atoms with Gasteiger partial charge in [-0.15, -0.1) is 11.6 Å². The highest BCUT2D eigenvalue weighted by Crippen LogP contribution is 2.32. The Morgan fingerprint density at radius 2 is 1.90 bits per heavy atom. The first kappa shape index (κ1) is 21.9. The molecule has 30 heavy (non-hydrogen) atoms. The normalized spacial score (nSPS) is 18.4. The Labute approximate surface area is 176 Å². The first-order valence-corrected chi connectivity index (χ1v) is 9.83. The predicted octanol–water partition coefficient (Wildman–Crippen LogP) is 0.298. The molecule has 10 nitrogen and oxygen atoms in total. The lowest BCUT2D eigenvalue weighted by Gasteiger charge is -2.27. The molecule has 1 aromatic rings. The van der Waals surface area contributed by atoms with Gasteiger partial charge in [-0.05, 0) is 18.6 Å². The van der Waals surface area contributed by atoms with Crippen LogP contribution in [0.3, 0.4) is 0 Å². The smallest absolute Gasteiger partial charge is 0.264 e. The van der Waals surface area contributed by atoms with Crippen LogP contribution in [0, 0.1) is 0 Å². The molecule has 0 spiro atoms. The minimum absolute atomic E-state index is 0.00555. The summed E-state index contributed by atoms with van der Waals surface area (Å²) in [5, 5.41) is 4.69. The highest BCUT2D eigenvalue weighted by Gasteiger charge is 2.45. The largest absolute Gasteiger partial charge is 0.378 e. The lowest BCUT2D eigenvalue weighted by atomic mass is 10.0. The standard InChI is InChI=1S/C19H20ClN3O7/c20-6-7-29-8-9-30-10-15(25)21-12-3-1-2-11-16(12)19(28)23(18(11)27)13-4-5-14(24)22-17(13)26/h1-3,13H,4-10H2,(H,21,25)(H,22,24,26). The number of imide groups is 2. The first-order valence-electron chi connectivity index (χ1n) is 9.30. The van der Waals surface area contributed by atoms with Gasteiger partial charge in [-0.3, -0.25) is 34.2 Å². The molecule has 2 aliphatic rings. The third kappa shape index (κ3) is 4.66. The van der Waals surface area contributed by atoms with E-state index in [1.54, 1.807) is 0 Å². The zero-order valence-electron chi connectivity index (χ0n) is 15.9. The molecule has 160 valence electrons. The van der Waals surface area contributed by atoms with Gasteiger partial charge in [0.15, 0.2) is 0 Å². The lowest BCUT2D eigenvalue weighted by Crippen LogP contribution is -2.54. The molecule has 2 N–H and O–H groups in total. The highest BCUT2D eigenvalue weighted by atomic mass is 35.5. The zero-order chi connectivity index (χ0) is 21.7. The number of nitrogens with one attached hydrogen (secondary N) is 2. The van der Waals surface area contributed by atoms with Crippen LogP contribution in [0.4, 0.5) is 5.69 Å². The Morgan fingerprint density at radius 3 is 2.63 bits per heavy atom. The van der Waals surface area contributed by atoms with Crippen LogP contribution in [0.15, 0.2) is 18.2 Å². The van der Waals surface area contributed by atoms with Crippen molar-refractivity contribution in [3.8, 4) is 0 Å². The molecule has 1 fully saturated rings. The lowest BCUT2D eigenvalue weighted by molar-refractivity contribution is -0.136. The number of nitrogens with zero attached hydrogens (tertiary/aromatic N) is 1. The second-order valence-corrected chi connectivity index (χ2v) is 6.96. The Morgan fingerprint density at radius 1 is 1.13 bits per heavy atom. The maximum atomic E-state index is 12.9. The number of alkyl halides is 1. The number of carbonyl (C=O) groups is 5. The minimum Gasteiger partial charge on any atom is -0.378 e. The SMILES string of the molecule is O=C1CCC(N2C(=O)c3cccc(NC(=O)COCCOCCCl)c3C2=O)C(=O)N1. The Hall–Kier alpha value is -2.82. The number of piperidine rings is 1. The fourth-order valence-corrected chi connectivity index (χ4v) is 3.35. The van der Waals surface area contributed by atoms with Crippen LogP contribution in [0.5, 0.6) is 0 Å². The summed E-state index contributed by atoms with van der Waals surface area (Å²) < 4.78 is 10.3. The summed E-state index contributed by atoms with van der Waals surface area (Å²) in [6, 6.07) is 3.38. The van der Waals surface area contributed by atoms with Crippen molar-refractivity contribution >= 4 is 46.8 Å². The average Bonchev–Trinajstić information content (AvgIpc) is 2.96. The second kappa shape index (κ2) is 9.79. The third-order valence-corrected chi connectivity index (χ3v) is 4.72. The number of hydrogen-bond donors (Lipinski definition) is 2. The molecule has 0 radical (unpaired) electrons. The number of hydrogen-bond acceptors (Lipinski definition) is 7. The number of anilines is 1. The van der Waals surface area contributed by atoms with E-state index in [0.717, 1.165) is 4.90 Å². The van der Waals surface area contributed by atoms with Gasteiger partial charge in [-0.25, -0.2) is 0 Å². The molecule has 2 aliphatic heterocycles. The van der Waals surface area contributed by atoms with Gasteiger partial charge in [0.05, 0.1) is 36.6 Å². The monoisotopic (exact) mass is 437 g/mol. The van der Waals surface area contributed by atoms with Crippen molar-refractivity contribution in [2.24, 2.45) is 0 Å². The third-order valence-electron chi connectivity index (χ3n) is 4.57. The van der Waals surface area contributed by atoms with Crippen LogP contribution in [-0.4, -0.2) is 72.8 Å². The van der Waals surface area contributed by atoms with E-state index in [0.29, 0.717) is 12.5 Å². The number of ether oxygens (including phenoxy) is 2. The van der Waals surface area contributed by atoms with Crippen molar-refractivity contribution in [1.29, 1.82) is 0 Å². The molecule has 0 saturated carbocycles. The van der Waals surface area contributed by atoms with E-state index in [1.165, 1.54) is 18.2 Å². The number of fused-ring (bicyclic) bond motifs is 1. The van der Waals surface area contributed by atoms with Gasteiger partial charge in [0.1, 0.15) is 12.6 Å². The molecule has 0 aliphatic carbocycles. The Kier molecular flexibility index (Phi) is 7.14. The van der Waals surface area contributed by atoms with Gasteiger partial charge in [-0.2, -0.15) is 0 Å². The Bertz CT molecular complexity index is 889. The van der Waals surface area contributed by atoms with Crippen LogP contribution in [0.1, 0.15) is 33.6 Å². The highest BCUT2D eigenvalue weighted by molar-refractivity contribution is 6.26. The van der Waals surface area contributed by atoms with E-state index in [-0.39, 0.29) is 49.5 Å². The van der Waals surface area contributed by atoms with Crippen LogP contribution in [0.2, 0.25) is 0 Å². The average molecular weight is 438 g/mol. The fourth-order valence-electron chi connectivity index (χ4n) is 3.24. The predicted molar refractivity (Wildman–Crippen MR) is 104 cm³/mol. The van der Waals surface area contributed by atoms with Crippen molar-refractivity contribution in [3.05, 3.63) is 29.3 Å². The van der Waals surface area contributed by atoms with Crippen molar-refractivity contribution < 1.29 is 33.4 Å². The Balaban J connectivity index is 1.67. The molecule has 1 atom stereocenters. The molecule has 0 aromatic heterocycles. The first-order chi connectivity index (χ1) is 14.4. The van der Waals surface area contributed by atoms with Gasteiger partial charge in [0.2, 0.25) is 17.7 Å². The summed E-state index contributed by atoms with van der Waals surface area (Å²) >= 11 is 5.48. The van der Waals surface area contributed by atoms with E-state index in [9.17, 15) is 24.0 Å². The maximum Gasteiger partial charge on any atom is 0.264 e. The summed E-state index contributed by atoms with van der Waals surface area (Å²) in [5.74, 6) is -2.64. The summed E-state index contributed by atoms with van der Waals surface area (Å²) in [6.45, 7) is 0.590. The van der Waals surface area contributed by atoms with Crippen LogP contribution in [0.25, 0.3) is 0 Å². The van der Waals surface area contributed by atoms with Gasteiger partial charge in [0.25, 0.3) is 11.8 Å². The van der Waals surface area contributed by atoms with Gasteiger partial charge in [0, 0.05) is 12.3 Å². The van der Waals surface area contributed by atoms with E-state index in [4.69, 9.17) is 21.1 Å². The topological polar surface area (TPSA) is 131 Å². The minimum atomic E-state index is -1.07. The number of halogens is 1. The van der Waals surface area contributed by atoms with Crippen molar-refractivity contribution in [1.82, 2.24) is 10.2 Å². The van der Waals surface area contributed by atoms with Crippen molar-refractivity contribution in [2.45, 2.75) is 18.9 Å². The molecular weight excluding hydrogens is 418 g/mol. The zero-order valence-corrected chi connectivity index (χ0v) is 16.7. The molecule has 5 amide bonds. The molecule has 11 heteroatoms. The van der Waals surface area contributed by atoms with Crippen LogP contribution in [-0.2, 0) is 23.9 Å². The van der Waals surface area contributed by atoms with Crippen LogP contribution < -0.4 is 10.6 Å². The van der Waals surface area contributed by atoms with Crippen molar-refractivity contribution in [2.75, 3.05) is 37.6 Å². The second-order valence-electron chi connectivity index (χ2n) is 6.58. The van der Waals surface area contributed by atoms with E-state index >= 15 is 0 Å². The fraction of sp³-hybridized carbons (Fsp3) is 0.421. The van der Waals surface area contributed by atoms with E-state index in [1.807, 2.05) is 0 Å². The number of amides is 5. The van der Waals surface area contributed by atoms with E-state index in [2.05, 4.69) is 10.6 Å². The number of carbonyl (C=O) groups excluding carboxylic acids is 5. The summed E-state index contributed by atoms with van der Waals surface area (Å²) in [4.78, 5) is 62.2. The van der Waals surface area contributed by atoms with Gasteiger partial charge >= 0.3 is 0 Å². The molecular formula is C19H20ClN3O7. The summed E-state index contributed by atoms with van der Waals surface area (Å²) in [5.41, 5.74) is 0.233. The molecule has 1 saturated heterocycles. The van der Waals surface area contributed by atoms with E-state index < -0.39 is 35.6 Å². The molecule has 1 unspecified atom stereocenters. The van der Waals surface area contributed by atoms with Gasteiger partial charge < -0.3 is 14.8 Å². The number of benzene rings is 1. The number of rotatable bonds is 9. The molecule has 1 aromatic carbocycles. The van der Waals surface area contributed by atoms with Gasteiger partial charge in [-0.1, -0.05) is 6.07 Å². The maximum absolute atomic E-state index is 12.9. The molecule has 3 rings (SSSR count). The van der Waals surface area contributed by atoms with Crippen LogP contribution >= 0.6 is 11.6 Å². The molecule has 0 bridgehead atoms. The quantitative estimate of drug-likeness (QED) is 0.322.